The van der Waals surface area contributed by atoms with Gasteiger partial charge in [0.1, 0.15) is 0 Å². The van der Waals surface area contributed by atoms with Crippen molar-refractivity contribution in [2.45, 2.75) is 6.92 Å². The van der Waals surface area contributed by atoms with Crippen molar-refractivity contribution in [1.29, 1.82) is 0 Å². The first-order valence-corrected chi connectivity index (χ1v) is 10.5. The van der Waals surface area contributed by atoms with Crippen LogP contribution in [0.15, 0.2) is 83.5 Å². The molecule has 1 radical (unpaired) electrons. The fourth-order valence-corrected chi connectivity index (χ4v) is 5.07. The molecule has 3 heterocycles. The zero-order valence-electron chi connectivity index (χ0n) is 14.7. The van der Waals surface area contributed by atoms with E-state index in [1.165, 1.54) is 9.50 Å². The first kappa shape index (κ1) is 18.2. The van der Waals surface area contributed by atoms with Crippen LogP contribution in [-0.2, 0) is 0 Å². The molecule has 3 nitrogen and oxygen atoms in total. The zero-order valence-corrected chi connectivity index (χ0v) is 19.0. The second-order valence-corrected chi connectivity index (χ2v) is 8.79. The molecule has 0 aromatic carbocycles. The van der Waals surface area contributed by atoms with Crippen LogP contribution in [-0.4, -0.2) is 14.4 Å². The molecule has 0 bridgehead atoms. The molecule has 4 rings (SSSR count). The van der Waals surface area contributed by atoms with Gasteiger partial charge in [0.05, 0.1) is 0 Å². The van der Waals surface area contributed by atoms with E-state index in [4.69, 9.17) is 4.98 Å². The Labute approximate surface area is 163 Å². The van der Waals surface area contributed by atoms with Crippen molar-refractivity contribution in [3.63, 3.8) is 0 Å². The van der Waals surface area contributed by atoms with E-state index >= 15 is 0 Å². The molecule has 0 atom stereocenters. The van der Waals surface area contributed by atoms with Gasteiger partial charge in [-0.2, -0.15) is 0 Å². The molecule has 0 aliphatic heterocycles. The second kappa shape index (κ2) is 7.74. The summed E-state index contributed by atoms with van der Waals surface area (Å²) >= 11 is -0.419. The molecule has 0 unspecified atom stereocenters. The first-order valence-electron chi connectivity index (χ1n) is 8.34. The van der Waals surface area contributed by atoms with Crippen LogP contribution in [0.4, 0.5) is 0 Å². The Hall–Kier alpha value is -3.60. The summed E-state index contributed by atoms with van der Waals surface area (Å²) in [4.78, 5) is 9.45. The van der Waals surface area contributed by atoms with Gasteiger partial charge >= 0.3 is 164 Å². The molecule has 1 aliphatic carbocycles. The zero-order chi connectivity index (χ0) is 17.9. The van der Waals surface area contributed by atoms with Crippen LogP contribution in [0.1, 0.15) is 12.5 Å². The molecule has 0 fully saturated rings. The molecule has 0 N–H and O–H groups in total. The molecule has 27 heavy (non-hydrogen) atoms. The number of nitrogens with zero attached hydrogens (tertiary/aromatic N) is 3. The summed E-state index contributed by atoms with van der Waals surface area (Å²) in [7, 11) is 0. The third kappa shape index (κ3) is 3.67. The maximum absolute atomic E-state index is 4.78. The Morgan fingerprint density at radius 2 is 2.11 bits per heavy atom. The summed E-state index contributed by atoms with van der Waals surface area (Å²) in [6.45, 7) is 6.00. The van der Waals surface area contributed by atoms with Crippen molar-refractivity contribution in [3.8, 4) is 11.3 Å². The van der Waals surface area contributed by atoms with Crippen LogP contribution < -0.4 is 21.2 Å². The average molecular weight is 713 g/mol. The number of allylic oxidation sites excluding steroid dienone is 6. The van der Waals surface area contributed by atoms with Gasteiger partial charge < -0.3 is 0 Å². The molecule has 3 aromatic heterocycles. The first-order chi connectivity index (χ1) is 12.7. The van der Waals surface area contributed by atoms with Gasteiger partial charge in [-0.05, 0) is 0 Å². The van der Waals surface area contributed by atoms with E-state index in [2.05, 4.69) is 61.0 Å². The normalized spacial score (nSPS) is 13.4. The second-order valence-electron chi connectivity index (χ2n) is 5.98. The third-order valence-corrected chi connectivity index (χ3v) is 6.83. The summed E-state index contributed by atoms with van der Waals surface area (Å²) < 4.78 is 4.51. The van der Waals surface area contributed by atoms with Gasteiger partial charge in [-0.25, -0.2) is 0 Å². The Morgan fingerprint density at radius 1 is 1.22 bits per heavy atom. The van der Waals surface area contributed by atoms with Crippen LogP contribution in [0, 0.1) is 9.62 Å². The van der Waals surface area contributed by atoms with Crippen molar-refractivity contribution in [1.82, 2.24) is 14.4 Å². The maximum atomic E-state index is 4.78. The predicted molar refractivity (Wildman–Crippen MR) is 102 cm³/mol. The van der Waals surface area contributed by atoms with Crippen molar-refractivity contribution >= 4 is 11.6 Å². The summed E-state index contributed by atoms with van der Waals surface area (Å²) in [5.41, 5.74) is 4.19. The minimum absolute atomic E-state index is 0. The van der Waals surface area contributed by atoms with Crippen LogP contribution in [0.5, 0.6) is 0 Å². The van der Waals surface area contributed by atoms with Crippen molar-refractivity contribution in [2.24, 2.45) is 0 Å². The number of imidazole rings is 1. The number of hydrogen-bond acceptors (Lipinski definition) is 2. The Balaban J connectivity index is 0.00000210. The monoisotopic (exact) mass is 713 g/mol. The predicted octanol–water partition coefficient (Wildman–Crippen LogP) is 1.90. The van der Waals surface area contributed by atoms with E-state index in [1.807, 2.05) is 41.3 Å². The molecule has 3 aromatic rings. The van der Waals surface area contributed by atoms with E-state index in [-0.39, 0.29) is 0 Å². The van der Waals surface area contributed by atoms with Crippen LogP contribution in [0.25, 0.3) is 22.9 Å². The number of rotatable bonds is 4. The van der Waals surface area contributed by atoms with Gasteiger partial charge in [0.2, 0.25) is 0 Å². The van der Waals surface area contributed by atoms with E-state index in [1.54, 1.807) is 0 Å². The molecule has 1 aliphatic rings. The number of aromatic nitrogens is 3. The summed E-state index contributed by atoms with van der Waals surface area (Å²) in [5, 5.41) is 0. The van der Waals surface area contributed by atoms with Gasteiger partial charge in [0.15, 0.2) is 0 Å². The van der Waals surface area contributed by atoms with Gasteiger partial charge in [0.25, 0.3) is 0 Å². The van der Waals surface area contributed by atoms with Crippen LogP contribution >= 0.6 is 0 Å². The molecule has 0 saturated carbocycles. The Morgan fingerprint density at radius 3 is 2.96 bits per heavy atom. The third-order valence-electron chi connectivity index (χ3n) is 4.11. The van der Waals surface area contributed by atoms with Crippen LogP contribution in [0.2, 0.25) is 0 Å². The molecule has 0 saturated heterocycles. The fraction of sp³-hybridized carbons (Fsp3) is 0.0455. The summed E-state index contributed by atoms with van der Waals surface area (Å²) in [6, 6.07) is 8.30. The number of halogens is 1. The smallest absolute Gasteiger partial charge is 0 e. The largest absolute Gasteiger partial charge is 0 e. The minimum atomic E-state index is -0.419. The molecular formula is C22H18ILrN3-2. The molecular weight excluding hydrogens is 695 g/mol. The topological polar surface area (TPSA) is 30.2 Å². The molecule has 0 spiro atoms. The molecule has 145 valence electrons. The van der Waals surface area contributed by atoms with E-state index in [0.29, 0.717) is 0 Å². The van der Waals surface area contributed by atoms with Crippen LogP contribution in [0.3, 0.4) is 0 Å². The standard InChI is InChI=1S/C22H18IN3.Lr/c1-3-17-13-19(21-20-9-4-5-12-26(20)15-25-21)22(24-14-17)23-18-8-6-7-16(2)10-11-18;/h3-15H,1H2,2H3;/q-2;. The van der Waals surface area contributed by atoms with Crippen molar-refractivity contribution in [2.75, 3.05) is 0 Å². The van der Waals surface area contributed by atoms with E-state index < -0.39 is 21.2 Å². The summed E-state index contributed by atoms with van der Waals surface area (Å²) in [6.07, 6.45) is 18.4. The van der Waals surface area contributed by atoms with Crippen molar-refractivity contribution < 1.29 is 21.2 Å². The summed E-state index contributed by atoms with van der Waals surface area (Å²) in [5.74, 6) is 1.26. The number of fused-ring (bicyclic) bond motifs is 1. The Kier molecular flexibility index (Phi) is 5.22. The average Bonchev–Trinajstić information content (AvgIpc) is 2.99. The SMILES string of the molecule is C=Cc1cnc([I-]C2=CC=C[C-](C)C=C2)c(-c2ncn3ccccc23)c1.[Lr]. The van der Waals surface area contributed by atoms with Gasteiger partial charge in [0, 0.05) is 0 Å². The van der Waals surface area contributed by atoms with Gasteiger partial charge in [-0.15, -0.1) is 0 Å². The number of pyridine rings is 2. The number of hydrogen-bond donors (Lipinski definition) is 0. The molecule has 0 amide bonds. The van der Waals surface area contributed by atoms with Gasteiger partial charge in [-0.3, -0.25) is 0 Å². The van der Waals surface area contributed by atoms with Crippen molar-refractivity contribution in [3.05, 3.63) is 98.7 Å². The maximum Gasteiger partial charge on any atom is 0 e. The van der Waals surface area contributed by atoms with E-state index in [9.17, 15) is 0 Å². The van der Waals surface area contributed by atoms with Gasteiger partial charge in [-0.1, -0.05) is 0 Å². The Bertz CT molecular complexity index is 1060. The van der Waals surface area contributed by atoms with E-state index in [0.717, 1.165) is 26.0 Å². The quantitative estimate of drug-likeness (QED) is 0.235. The fourth-order valence-electron chi connectivity index (χ4n) is 2.75. The minimum Gasteiger partial charge on any atom is 0 e. The molecule has 5 heteroatoms.